The van der Waals surface area contributed by atoms with E-state index in [1.807, 2.05) is 0 Å². The van der Waals surface area contributed by atoms with E-state index in [-0.39, 0.29) is 0 Å². The van der Waals surface area contributed by atoms with Crippen molar-refractivity contribution < 1.29 is 0 Å². The molecule has 2 heteroatoms. The van der Waals surface area contributed by atoms with Gasteiger partial charge in [-0.05, 0) is 47.9 Å². The van der Waals surface area contributed by atoms with Crippen LogP contribution in [0.2, 0.25) is 0 Å². The van der Waals surface area contributed by atoms with Gasteiger partial charge in [0.25, 0.3) is 0 Å². The van der Waals surface area contributed by atoms with Crippen molar-refractivity contribution in [2.24, 2.45) is 0 Å². The topological polar surface area (TPSA) is 12.0 Å². The van der Waals surface area contributed by atoms with Crippen LogP contribution in [-0.4, -0.2) is 6.04 Å². The smallest absolute Gasteiger partial charge is 0.0348 e. The Labute approximate surface area is 118 Å². The summed E-state index contributed by atoms with van der Waals surface area (Å²) in [5.74, 6) is 0. The van der Waals surface area contributed by atoms with Gasteiger partial charge in [0, 0.05) is 16.2 Å². The minimum Gasteiger partial charge on any atom is -0.382 e. The molecule has 0 saturated carbocycles. The number of rotatable bonds is 5. The summed E-state index contributed by atoms with van der Waals surface area (Å²) in [6.45, 7) is 4.48. The maximum absolute atomic E-state index is 3.62. The molecule has 0 heterocycles. The second-order valence-electron chi connectivity index (χ2n) is 4.74. The molecule has 0 aliphatic rings. The molecule has 0 bridgehead atoms. The molecule has 0 aliphatic heterocycles. The molecule has 0 aliphatic carbocycles. The van der Waals surface area contributed by atoms with Gasteiger partial charge in [0.2, 0.25) is 0 Å². The predicted octanol–water partition coefficient (Wildman–Crippen LogP) is 5.59. The van der Waals surface area contributed by atoms with Gasteiger partial charge in [-0.15, -0.1) is 0 Å². The fraction of sp³-hybridized carbons (Fsp3) is 0.375. The van der Waals surface area contributed by atoms with E-state index in [2.05, 4.69) is 71.5 Å². The number of anilines is 1. The molecule has 1 nitrogen and oxygen atoms in total. The summed E-state index contributed by atoms with van der Waals surface area (Å²) in [7, 11) is 0. The highest BCUT2D eigenvalue weighted by molar-refractivity contribution is 9.10. The van der Waals surface area contributed by atoms with Gasteiger partial charge in [-0.25, -0.2) is 0 Å². The summed E-state index contributed by atoms with van der Waals surface area (Å²) in [5.41, 5.74) is 1.23. The van der Waals surface area contributed by atoms with Crippen molar-refractivity contribution >= 4 is 32.4 Å². The summed E-state index contributed by atoms with van der Waals surface area (Å²) >= 11 is 3.51. The van der Waals surface area contributed by atoms with Gasteiger partial charge in [0.05, 0.1) is 0 Å². The maximum Gasteiger partial charge on any atom is 0.0348 e. The first-order valence-corrected chi connectivity index (χ1v) is 7.48. The van der Waals surface area contributed by atoms with Crippen LogP contribution in [0.15, 0.2) is 40.9 Å². The van der Waals surface area contributed by atoms with Gasteiger partial charge >= 0.3 is 0 Å². The summed E-state index contributed by atoms with van der Waals surface area (Å²) < 4.78 is 1.13. The normalized spacial score (nSPS) is 12.6. The predicted molar refractivity (Wildman–Crippen MR) is 84.3 cm³/mol. The van der Waals surface area contributed by atoms with Gasteiger partial charge in [0.1, 0.15) is 0 Å². The molecule has 2 aromatic rings. The first-order chi connectivity index (χ1) is 8.72. The molecule has 1 N–H and O–H groups in total. The first-order valence-electron chi connectivity index (χ1n) is 6.68. The summed E-state index contributed by atoms with van der Waals surface area (Å²) in [4.78, 5) is 0. The second-order valence-corrected chi connectivity index (χ2v) is 5.66. The van der Waals surface area contributed by atoms with Crippen molar-refractivity contribution in [2.75, 3.05) is 5.32 Å². The molecular formula is C16H20BrN. The maximum atomic E-state index is 3.62. The third kappa shape index (κ3) is 3.26. The highest BCUT2D eigenvalue weighted by Crippen LogP contribution is 2.24. The third-order valence-electron chi connectivity index (χ3n) is 3.30. The Kier molecular flexibility index (Phi) is 4.65. The van der Waals surface area contributed by atoms with Crippen LogP contribution in [0.25, 0.3) is 10.8 Å². The van der Waals surface area contributed by atoms with Crippen LogP contribution in [0.3, 0.4) is 0 Å². The molecule has 0 aromatic heterocycles. The largest absolute Gasteiger partial charge is 0.382 e. The zero-order valence-corrected chi connectivity index (χ0v) is 12.6. The molecule has 0 radical (unpaired) electrons. The number of halogens is 1. The Morgan fingerprint density at radius 3 is 2.50 bits per heavy atom. The molecule has 0 amide bonds. The lowest BCUT2D eigenvalue weighted by Crippen LogP contribution is -2.17. The van der Waals surface area contributed by atoms with E-state index in [9.17, 15) is 0 Å². The van der Waals surface area contributed by atoms with E-state index in [1.54, 1.807) is 0 Å². The fourth-order valence-electron chi connectivity index (χ4n) is 2.27. The first kappa shape index (κ1) is 13.4. The van der Waals surface area contributed by atoms with Gasteiger partial charge in [-0.2, -0.15) is 0 Å². The van der Waals surface area contributed by atoms with Crippen molar-refractivity contribution in [3.05, 3.63) is 40.9 Å². The number of benzene rings is 2. The third-order valence-corrected chi connectivity index (χ3v) is 3.80. The van der Waals surface area contributed by atoms with Crippen molar-refractivity contribution in [3.8, 4) is 0 Å². The second kappa shape index (κ2) is 6.24. The molecule has 1 unspecified atom stereocenters. The lowest BCUT2D eigenvalue weighted by Gasteiger charge is -2.17. The van der Waals surface area contributed by atoms with E-state index in [1.165, 1.54) is 35.7 Å². The molecule has 0 saturated heterocycles. The van der Waals surface area contributed by atoms with Crippen molar-refractivity contribution in [2.45, 2.75) is 39.2 Å². The summed E-state index contributed by atoms with van der Waals surface area (Å²) in [6.07, 6.45) is 3.63. The molecule has 96 valence electrons. The molecule has 0 fully saturated rings. The molecule has 2 rings (SSSR count). The highest BCUT2D eigenvalue weighted by Gasteiger charge is 2.05. The average Bonchev–Trinajstić information content (AvgIpc) is 2.38. The van der Waals surface area contributed by atoms with E-state index >= 15 is 0 Å². The summed E-state index contributed by atoms with van der Waals surface area (Å²) in [6, 6.07) is 13.6. The van der Waals surface area contributed by atoms with E-state index in [4.69, 9.17) is 0 Å². The van der Waals surface area contributed by atoms with Crippen LogP contribution in [0, 0.1) is 0 Å². The molecule has 2 aromatic carbocycles. The van der Waals surface area contributed by atoms with Crippen LogP contribution in [0.4, 0.5) is 5.69 Å². The van der Waals surface area contributed by atoms with Gasteiger partial charge < -0.3 is 5.32 Å². The number of fused-ring (bicyclic) bond motifs is 1. The molecule has 18 heavy (non-hydrogen) atoms. The van der Waals surface area contributed by atoms with E-state index < -0.39 is 0 Å². The Hall–Kier alpha value is -1.02. The van der Waals surface area contributed by atoms with Crippen LogP contribution < -0.4 is 5.32 Å². The Balaban J connectivity index is 2.21. The minimum atomic E-state index is 0.586. The standard InChI is InChI=1S/C16H20BrN/c1-3-5-15(4-2)18-16-9-7-12-10-14(17)8-6-13(12)11-16/h6-11,15,18H,3-5H2,1-2H3. The quantitative estimate of drug-likeness (QED) is 0.759. The van der Waals surface area contributed by atoms with Crippen molar-refractivity contribution in [3.63, 3.8) is 0 Å². The molecule has 0 spiro atoms. The number of hydrogen-bond acceptors (Lipinski definition) is 1. The van der Waals surface area contributed by atoms with Crippen molar-refractivity contribution in [1.29, 1.82) is 0 Å². The zero-order valence-electron chi connectivity index (χ0n) is 11.0. The zero-order chi connectivity index (χ0) is 13.0. The number of nitrogens with one attached hydrogen (secondary N) is 1. The van der Waals surface area contributed by atoms with Crippen molar-refractivity contribution in [1.82, 2.24) is 0 Å². The molecular weight excluding hydrogens is 286 g/mol. The summed E-state index contributed by atoms with van der Waals surface area (Å²) in [5, 5.41) is 6.19. The van der Waals surface area contributed by atoms with Crippen LogP contribution >= 0.6 is 15.9 Å². The Morgan fingerprint density at radius 2 is 1.78 bits per heavy atom. The average molecular weight is 306 g/mol. The lowest BCUT2D eigenvalue weighted by molar-refractivity contribution is 0.623. The fourth-order valence-corrected chi connectivity index (χ4v) is 2.65. The van der Waals surface area contributed by atoms with Gasteiger partial charge in [0.15, 0.2) is 0 Å². The SMILES string of the molecule is CCCC(CC)Nc1ccc2cc(Br)ccc2c1. The number of hydrogen-bond donors (Lipinski definition) is 1. The monoisotopic (exact) mass is 305 g/mol. The van der Waals surface area contributed by atoms with Gasteiger partial charge in [-0.1, -0.05) is 48.3 Å². The Morgan fingerprint density at radius 1 is 1.06 bits per heavy atom. The van der Waals surface area contributed by atoms with Crippen LogP contribution in [-0.2, 0) is 0 Å². The van der Waals surface area contributed by atoms with E-state index in [0.29, 0.717) is 6.04 Å². The lowest BCUT2D eigenvalue weighted by atomic mass is 10.1. The highest BCUT2D eigenvalue weighted by atomic mass is 79.9. The van der Waals surface area contributed by atoms with Crippen LogP contribution in [0.5, 0.6) is 0 Å². The van der Waals surface area contributed by atoms with Gasteiger partial charge in [-0.3, -0.25) is 0 Å². The van der Waals surface area contributed by atoms with Crippen LogP contribution in [0.1, 0.15) is 33.1 Å². The molecule has 1 atom stereocenters. The Bertz CT molecular complexity index is 521. The minimum absolute atomic E-state index is 0.586. The van der Waals surface area contributed by atoms with E-state index in [0.717, 1.165) is 4.47 Å².